The van der Waals surface area contributed by atoms with Crippen molar-refractivity contribution in [2.45, 2.75) is 25.2 Å². The Balaban J connectivity index is 1.54. The number of hydrogen-bond acceptors (Lipinski definition) is 2. The molecular formula is C22H19BrN4O2. The molecule has 2 atom stereocenters. The van der Waals surface area contributed by atoms with Gasteiger partial charge in [0.1, 0.15) is 6.04 Å². The largest absolute Gasteiger partial charge is 0.359 e. The molecule has 2 aromatic carbocycles. The van der Waals surface area contributed by atoms with E-state index in [1.165, 1.54) is 0 Å². The summed E-state index contributed by atoms with van der Waals surface area (Å²) in [6.07, 6.45) is 5.90. The average molecular weight is 451 g/mol. The molecule has 2 aromatic rings. The van der Waals surface area contributed by atoms with Crippen LogP contribution in [0.4, 0.5) is 9.59 Å². The topological polar surface area (TPSA) is 47.1 Å². The van der Waals surface area contributed by atoms with Crippen LogP contribution in [0.15, 0.2) is 83.4 Å². The Morgan fingerprint density at radius 1 is 0.724 bits per heavy atom. The summed E-state index contributed by atoms with van der Waals surface area (Å²) in [6.45, 7) is 0.652. The van der Waals surface area contributed by atoms with Crippen LogP contribution in [0.5, 0.6) is 0 Å². The summed E-state index contributed by atoms with van der Waals surface area (Å²) in [5.74, 6) is 0. The highest BCUT2D eigenvalue weighted by Gasteiger charge is 2.51. The van der Waals surface area contributed by atoms with Crippen LogP contribution in [0, 0.1) is 0 Å². The van der Waals surface area contributed by atoms with E-state index in [-0.39, 0.29) is 24.1 Å². The summed E-state index contributed by atoms with van der Waals surface area (Å²) < 4.78 is 0.901. The lowest BCUT2D eigenvalue weighted by Gasteiger charge is -2.55. The van der Waals surface area contributed by atoms with Crippen molar-refractivity contribution < 1.29 is 9.59 Å². The summed E-state index contributed by atoms with van der Waals surface area (Å²) in [6, 6.07) is 18.5. The highest BCUT2D eigenvalue weighted by molar-refractivity contribution is 9.11. The van der Waals surface area contributed by atoms with Crippen LogP contribution in [0.25, 0.3) is 0 Å². The molecular weight excluding hydrogens is 432 g/mol. The average Bonchev–Trinajstić information content (AvgIpc) is 2.75. The molecule has 29 heavy (non-hydrogen) atoms. The molecule has 0 aromatic heterocycles. The standard InChI is InChI=1S/C22H19BrN4O2/c23-19-13-18-11-12-20(19)27-22(29)25(15-17-9-5-2-6-10-17)24(21(28)26(18)27)14-16-7-3-1-4-8-16/h1-13,18,20H,14-15H2. The fourth-order valence-corrected chi connectivity index (χ4v) is 4.57. The van der Waals surface area contributed by atoms with Gasteiger partial charge < -0.3 is 0 Å². The number of hydrazine groups is 2. The smallest absolute Gasteiger partial charge is 0.244 e. The number of amides is 4. The Bertz CT molecular complexity index is 1010. The fourth-order valence-electron chi connectivity index (χ4n) is 3.95. The minimum absolute atomic E-state index is 0.208. The summed E-state index contributed by atoms with van der Waals surface area (Å²) in [4.78, 5) is 27.1. The molecule has 0 spiro atoms. The van der Waals surface area contributed by atoms with E-state index in [9.17, 15) is 9.59 Å². The van der Waals surface area contributed by atoms with Gasteiger partial charge in [-0.3, -0.25) is 0 Å². The summed E-state index contributed by atoms with van der Waals surface area (Å²) in [7, 11) is 0. The molecule has 3 aliphatic heterocycles. The van der Waals surface area contributed by atoms with Gasteiger partial charge in [0.15, 0.2) is 0 Å². The number of carbonyl (C=O) groups excluding carboxylic acids is 2. The van der Waals surface area contributed by atoms with E-state index < -0.39 is 0 Å². The van der Waals surface area contributed by atoms with Crippen molar-refractivity contribution >= 4 is 28.0 Å². The molecule has 2 bridgehead atoms. The normalized spacial score (nSPS) is 22.9. The predicted octanol–water partition coefficient (Wildman–Crippen LogP) is 4.28. The molecule has 4 aliphatic rings. The summed E-state index contributed by atoms with van der Waals surface area (Å²) >= 11 is 3.56. The first kappa shape index (κ1) is 18.0. The monoisotopic (exact) mass is 450 g/mol. The van der Waals surface area contributed by atoms with Crippen LogP contribution in [0.1, 0.15) is 11.1 Å². The molecule has 146 valence electrons. The van der Waals surface area contributed by atoms with Gasteiger partial charge in [-0.1, -0.05) is 88.7 Å². The molecule has 7 heteroatoms. The second kappa shape index (κ2) is 7.08. The number of hydrogen-bond donors (Lipinski definition) is 0. The van der Waals surface area contributed by atoms with E-state index in [4.69, 9.17) is 0 Å². The van der Waals surface area contributed by atoms with Gasteiger partial charge >= 0.3 is 12.1 Å². The minimum atomic E-state index is -0.298. The molecule has 1 aliphatic carbocycles. The third-order valence-electron chi connectivity index (χ3n) is 5.36. The van der Waals surface area contributed by atoms with E-state index in [0.29, 0.717) is 13.1 Å². The highest BCUT2D eigenvalue weighted by atomic mass is 79.9. The van der Waals surface area contributed by atoms with Crippen molar-refractivity contribution in [1.82, 2.24) is 20.0 Å². The van der Waals surface area contributed by atoms with Crippen molar-refractivity contribution in [1.29, 1.82) is 0 Å². The van der Waals surface area contributed by atoms with E-state index in [1.807, 2.05) is 78.9 Å². The molecule has 4 amide bonds. The lowest BCUT2D eigenvalue weighted by Crippen LogP contribution is -2.73. The first-order valence-electron chi connectivity index (χ1n) is 9.48. The van der Waals surface area contributed by atoms with Crippen LogP contribution in [-0.4, -0.2) is 44.2 Å². The van der Waals surface area contributed by atoms with Gasteiger partial charge in [-0.2, -0.15) is 0 Å². The van der Waals surface area contributed by atoms with Crippen LogP contribution in [0.2, 0.25) is 0 Å². The van der Waals surface area contributed by atoms with Crippen molar-refractivity contribution in [3.05, 3.63) is 94.5 Å². The zero-order valence-corrected chi connectivity index (χ0v) is 17.1. The van der Waals surface area contributed by atoms with Crippen molar-refractivity contribution in [2.75, 3.05) is 0 Å². The Hall–Kier alpha value is -3.06. The Kier molecular flexibility index (Phi) is 4.39. The number of urea groups is 2. The van der Waals surface area contributed by atoms with Gasteiger partial charge in [-0.05, 0) is 17.2 Å². The van der Waals surface area contributed by atoms with Crippen LogP contribution in [0.3, 0.4) is 0 Å². The summed E-state index contributed by atoms with van der Waals surface area (Å²) in [5, 5.41) is 6.22. The second-order valence-electron chi connectivity index (χ2n) is 7.21. The minimum Gasteiger partial charge on any atom is -0.244 e. The third-order valence-corrected chi connectivity index (χ3v) is 6.09. The Labute approximate surface area is 177 Å². The Morgan fingerprint density at radius 2 is 1.24 bits per heavy atom. The number of rotatable bonds is 4. The number of carbonyl (C=O) groups is 2. The molecule has 2 unspecified atom stereocenters. The maximum Gasteiger partial charge on any atom is 0.359 e. The van der Waals surface area contributed by atoms with Crippen molar-refractivity contribution in [3.63, 3.8) is 0 Å². The molecule has 0 saturated carbocycles. The zero-order valence-electron chi connectivity index (χ0n) is 15.6. The maximum absolute atomic E-state index is 13.6. The molecule has 1 fully saturated rings. The lowest BCUT2D eigenvalue weighted by molar-refractivity contribution is -0.102. The number of nitrogens with zero attached hydrogens (tertiary/aromatic N) is 4. The third kappa shape index (κ3) is 3.02. The van der Waals surface area contributed by atoms with E-state index in [1.54, 1.807) is 20.0 Å². The van der Waals surface area contributed by atoms with Gasteiger partial charge in [0, 0.05) is 4.48 Å². The fraction of sp³-hybridized carbons (Fsp3) is 0.182. The van der Waals surface area contributed by atoms with E-state index >= 15 is 0 Å². The van der Waals surface area contributed by atoms with Gasteiger partial charge in [0.05, 0.1) is 19.1 Å². The van der Waals surface area contributed by atoms with Gasteiger partial charge in [-0.25, -0.2) is 29.6 Å². The quantitative estimate of drug-likeness (QED) is 0.652. The summed E-state index contributed by atoms with van der Waals surface area (Å²) in [5.41, 5.74) is 1.93. The van der Waals surface area contributed by atoms with Crippen LogP contribution < -0.4 is 0 Å². The molecule has 0 radical (unpaired) electrons. The van der Waals surface area contributed by atoms with E-state index in [0.717, 1.165) is 15.6 Å². The first-order valence-corrected chi connectivity index (χ1v) is 10.3. The first-order chi connectivity index (χ1) is 14.1. The SMILES string of the molecule is O=C1N(Cc2ccccc2)N(Cc2ccccc2)C(=O)N2C3C=CC(C=C3Br)N12. The van der Waals surface area contributed by atoms with Crippen LogP contribution in [-0.2, 0) is 13.1 Å². The van der Waals surface area contributed by atoms with Crippen LogP contribution >= 0.6 is 15.9 Å². The lowest BCUT2D eigenvalue weighted by atomic mass is 10.0. The zero-order chi connectivity index (χ0) is 20.0. The predicted molar refractivity (Wildman–Crippen MR) is 112 cm³/mol. The second-order valence-corrected chi connectivity index (χ2v) is 8.13. The van der Waals surface area contributed by atoms with Gasteiger partial charge in [-0.15, -0.1) is 0 Å². The number of benzene rings is 2. The number of halogens is 1. The van der Waals surface area contributed by atoms with Gasteiger partial charge in [0.2, 0.25) is 0 Å². The highest BCUT2D eigenvalue weighted by Crippen LogP contribution is 2.38. The maximum atomic E-state index is 13.6. The molecule has 1 saturated heterocycles. The van der Waals surface area contributed by atoms with E-state index in [2.05, 4.69) is 15.9 Å². The van der Waals surface area contributed by atoms with Crippen molar-refractivity contribution in [2.24, 2.45) is 0 Å². The molecule has 6 rings (SSSR count). The molecule has 3 heterocycles. The molecule has 0 N–H and O–H groups in total. The molecule has 6 nitrogen and oxygen atoms in total. The Morgan fingerprint density at radius 3 is 1.76 bits per heavy atom. The van der Waals surface area contributed by atoms with Gasteiger partial charge in [0.25, 0.3) is 0 Å². The van der Waals surface area contributed by atoms with Crippen molar-refractivity contribution in [3.8, 4) is 0 Å².